The molecule has 1 aromatic carbocycles. The number of carbonyl (C=O) groups excluding carboxylic acids is 1. The van der Waals surface area contributed by atoms with E-state index >= 15 is 0 Å². The molecule has 0 saturated carbocycles. The lowest BCUT2D eigenvalue weighted by Gasteiger charge is -2.22. The molecule has 2 nitrogen and oxygen atoms in total. The molecule has 17 heavy (non-hydrogen) atoms. The second kappa shape index (κ2) is 5.37. The van der Waals surface area contributed by atoms with Crippen LogP contribution in [0.5, 0.6) is 5.75 Å². The van der Waals surface area contributed by atoms with Gasteiger partial charge in [-0.25, -0.2) is 0 Å². The Morgan fingerprint density at radius 2 is 2.00 bits per heavy atom. The minimum absolute atomic E-state index is 0.0420. The van der Waals surface area contributed by atoms with Crippen molar-refractivity contribution in [3.05, 3.63) is 35.4 Å². The second-order valence-corrected chi connectivity index (χ2v) is 5.22. The predicted octanol–water partition coefficient (Wildman–Crippen LogP) is 3.77. The van der Waals surface area contributed by atoms with Gasteiger partial charge in [0.15, 0.2) is 0 Å². The van der Waals surface area contributed by atoms with Gasteiger partial charge in [-0.15, -0.1) is 0 Å². The van der Waals surface area contributed by atoms with E-state index in [0.717, 1.165) is 16.9 Å². The summed E-state index contributed by atoms with van der Waals surface area (Å²) >= 11 is 6.01. The highest BCUT2D eigenvalue weighted by atomic mass is 35.5. The zero-order valence-corrected chi connectivity index (χ0v) is 11.3. The van der Waals surface area contributed by atoms with Crippen molar-refractivity contribution in [3.8, 4) is 5.75 Å². The summed E-state index contributed by atoms with van der Waals surface area (Å²) in [5.41, 5.74) is 1.85. The van der Waals surface area contributed by atoms with Crippen LogP contribution in [0.25, 0.3) is 5.03 Å². The van der Waals surface area contributed by atoms with Crippen LogP contribution in [0.15, 0.2) is 24.3 Å². The molecule has 0 aliphatic rings. The number of benzene rings is 1. The number of methoxy groups -OCH3 is 1. The van der Waals surface area contributed by atoms with Gasteiger partial charge in [-0.3, -0.25) is 4.79 Å². The predicted molar refractivity (Wildman–Crippen MR) is 71.6 cm³/mol. The average molecular weight is 253 g/mol. The Balaban J connectivity index is 3.32. The van der Waals surface area contributed by atoms with Crippen LogP contribution in [-0.2, 0) is 10.2 Å². The first-order valence-corrected chi connectivity index (χ1v) is 5.78. The first kappa shape index (κ1) is 13.8. The summed E-state index contributed by atoms with van der Waals surface area (Å²) in [7, 11) is 1.65. The number of hydrogen-bond acceptors (Lipinski definition) is 2. The maximum absolute atomic E-state index is 10.4. The molecule has 0 bridgehead atoms. The summed E-state index contributed by atoms with van der Waals surface area (Å²) in [6, 6.07) is 5.68. The molecule has 0 spiro atoms. The monoisotopic (exact) mass is 252 g/mol. The van der Waals surface area contributed by atoms with Crippen LogP contribution in [0.3, 0.4) is 0 Å². The Morgan fingerprint density at radius 1 is 1.35 bits per heavy atom. The molecule has 0 N–H and O–H groups in total. The van der Waals surface area contributed by atoms with E-state index in [1.165, 1.54) is 6.08 Å². The Bertz CT molecular complexity index is 442. The van der Waals surface area contributed by atoms with E-state index in [4.69, 9.17) is 16.3 Å². The minimum atomic E-state index is -0.0420. The summed E-state index contributed by atoms with van der Waals surface area (Å²) in [5, 5.41) is 0.438. The van der Waals surface area contributed by atoms with Crippen molar-refractivity contribution in [1.82, 2.24) is 0 Å². The third-order valence-electron chi connectivity index (χ3n) is 2.50. The van der Waals surface area contributed by atoms with Crippen molar-refractivity contribution in [1.29, 1.82) is 0 Å². The van der Waals surface area contributed by atoms with E-state index in [0.29, 0.717) is 11.3 Å². The van der Waals surface area contributed by atoms with Gasteiger partial charge in [0.2, 0.25) is 0 Å². The zero-order valence-electron chi connectivity index (χ0n) is 10.6. The zero-order chi connectivity index (χ0) is 13.1. The highest BCUT2D eigenvalue weighted by Crippen LogP contribution is 2.34. The summed E-state index contributed by atoms with van der Waals surface area (Å²) in [4.78, 5) is 10.4. The lowest BCUT2D eigenvalue weighted by molar-refractivity contribution is -0.104. The molecule has 0 amide bonds. The van der Waals surface area contributed by atoms with Crippen LogP contribution in [-0.4, -0.2) is 13.4 Å². The molecule has 3 heteroatoms. The van der Waals surface area contributed by atoms with Gasteiger partial charge in [-0.1, -0.05) is 32.4 Å². The second-order valence-electron chi connectivity index (χ2n) is 4.82. The first-order valence-electron chi connectivity index (χ1n) is 5.40. The molecule has 0 aliphatic heterocycles. The Kier molecular flexibility index (Phi) is 4.35. The Labute approximate surface area is 107 Å². The molecular formula is C14H17ClO2. The van der Waals surface area contributed by atoms with E-state index in [9.17, 15) is 4.79 Å². The third kappa shape index (κ3) is 3.34. The van der Waals surface area contributed by atoms with Crippen LogP contribution in [0.4, 0.5) is 0 Å². The topological polar surface area (TPSA) is 26.3 Å². The molecule has 0 saturated heterocycles. The standard InChI is InChI=1S/C14H17ClO2/c1-14(2,3)11-9-10(12(15)7-8-16)5-6-13(11)17-4/h5-9H,1-4H3/b12-7-. The van der Waals surface area contributed by atoms with Crippen molar-refractivity contribution in [2.24, 2.45) is 0 Å². The molecule has 1 rings (SSSR count). The minimum Gasteiger partial charge on any atom is -0.496 e. The maximum atomic E-state index is 10.4. The van der Waals surface area contributed by atoms with Gasteiger partial charge in [-0.2, -0.15) is 0 Å². The molecule has 0 fully saturated rings. The van der Waals surface area contributed by atoms with Gasteiger partial charge in [0.25, 0.3) is 0 Å². The molecule has 0 unspecified atom stereocenters. The average Bonchev–Trinajstić information content (AvgIpc) is 2.27. The molecule has 0 radical (unpaired) electrons. The summed E-state index contributed by atoms with van der Waals surface area (Å²) in [5.74, 6) is 0.830. The molecule has 1 aromatic rings. The molecule has 0 atom stereocenters. The lowest BCUT2D eigenvalue weighted by Crippen LogP contribution is -2.13. The van der Waals surface area contributed by atoms with E-state index in [2.05, 4.69) is 20.8 Å². The fourth-order valence-corrected chi connectivity index (χ4v) is 1.77. The van der Waals surface area contributed by atoms with E-state index in [-0.39, 0.29) is 5.41 Å². The maximum Gasteiger partial charge on any atom is 0.144 e. The van der Waals surface area contributed by atoms with Crippen LogP contribution >= 0.6 is 11.6 Å². The van der Waals surface area contributed by atoms with Crippen LogP contribution in [0.2, 0.25) is 0 Å². The fourth-order valence-electron chi connectivity index (χ4n) is 1.60. The first-order chi connectivity index (χ1) is 7.90. The van der Waals surface area contributed by atoms with Gasteiger partial charge < -0.3 is 4.74 Å². The number of carbonyl (C=O) groups is 1. The fraction of sp³-hybridized carbons (Fsp3) is 0.357. The summed E-state index contributed by atoms with van der Waals surface area (Å²) in [6.45, 7) is 6.31. The van der Waals surface area contributed by atoms with Crippen molar-refractivity contribution < 1.29 is 9.53 Å². The largest absolute Gasteiger partial charge is 0.496 e. The van der Waals surface area contributed by atoms with Gasteiger partial charge in [0.05, 0.1) is 12.1 Å². The number of rotatable bonds is 3. The van der Waals surface area contributed by atoms with Crippen LogP contribution < -0.4 is 4.74 Å². The van der Waals surface area contributed by atoms with Crippen molar-refractivity contribution >= 4 is 22.9 Å². The van der Waals surface area contributed by atoms with E-state index in [1.807, 2.05) is 18.2 Å². The van der Waals surface area contributed by atoms with Gasteiger partial charge in [-0.05, 0) is 35.3 Å². The van der Waals surface area contributed by atoms with Crippen molar-refractivity contribution in [2.75, 3.05) is 7.11 Å². The lowest BCUT2D eigenvalue weighted by atomic mass is 9.85. The molecular weight excluding hydrogens is 236 g/mol. The smallest absolute Gasteiger partial charge is 0.144 e. The molecule has 92 valence electrons. The van der Waals surface area contributed by atoms with Gasteiger partial charge >= 0.3 is 0 Å². The van der Waals surface area contributed by atoms with Crippen LogP contribution in [0.1, 0.15) is 31.9 Å². The van der Waals surface area contributed by atoms with E-state index < -0.39 is 0 Å². The highest BCUT2D eigenvalue weighted by molar-refractivity contribution is 6.49. The van der Waals surface area contributed by atoms with Gasteiger partial charge in [0.1, 0.15) is 12.0 Å². The molecule has 0 heterocycles. The third-order valence-corrected chi connectivity index (χ3v) is 2.84. The normalized spacial score (nSPS) is 12.4. The number of allylic oxidation sites excluding steroid dienone is 1. The number of hydrogen-bond donors (Lipinski definition) is 0. The molecule has 0 aliphatic carbocycles. The van der Waals surface area contributed by atoms with Crippen molar-refractivity contribution in [2.45, 2.75) is 26.2 Å². The number of aldehydes is 1. The SMILES string of the molecule is COc1ccc(/C(Cl)=C/C=O)cc1C(C)(C)C. The highest BCUT2D eigenvalue weighted by Gasteiger charge is 2.19. The number of ether oxygens (including phenoxy) is 1. The van der Waals surface area contributed by atoms with Crippen molar-refractivity contribution in [3.63, 3.8) is 0 Å². The Hall–Kier alpha value is -1.28. The number of halogens is 1. The van der Waals surface area contributed by atoms with E-state index in [1.54, 1.807) is 7.11 Å². The quantitative estimate of drug-likeness (QED) is 0.605. The molecule has 0 aromatic heterocycles. The van der Waals surface area contributed by atoms with Gasteiger partial charge in [0, 0.05) is 5.56 Å². The summed E-state index contributed by atoms with van der Waals surface area (Å²) < 4.78 is 5.33. The Morgan fingerprint density at radius 3 is 2.47 bits per heavy atom. The van der Waals surface area contributed by atoms with Crippen LogP contribution in [0, 0.1) is 0 Å². The summed E-state index contributed by atoms with van der Waals surface area (Å²) in [6.07, 6.45) is 2.03.